The third-order valence-corrected chi connectivity index (χ3v) is 5.61. The predicted octanol–water partition coefficient (Wildman–Crippen LogP) is 6.15. The summed E-state index contributed by atoms with van der Waals surface area (Å²) in [5.74, 6) is 0.449. The second-order valence-corrected chi connectivity index (χ2v) is 7.89. The first-order chi connectivity index (χ1) is 15.5. The molecule has 0 radical (unpaired) electrons. The standard InChI is InChI=1S/C24H22ClN3O4/c25-19-8-6-9-20(24(19)27-15-4-1-5-16-27)26-23(29)14-12-17-11-13-22(32-17)18-7-2-3-10-21(18)28(30)31/h2-3,6-14H,1,4-5,15-16H2,(H,26,29)/b14-12+. The van der Waals surface area contributed by atoms with E-state index in [9.17, 15) is 14.9 Å². The van der Waals surface area contributed by atoms with Gasteiger partial charge in [0.2, 0.25) is 5.91 Å². The Balaban J connectivity index is 1.49. The van der Waals surface area contributed by atoms with Gasteiger partial charge in [-0.25, -0.2) is 0 Å². The molecule has 0 saturated carbocycles. The molecule has 0 bridgehead atoms. The van der Waals surface area contributed by atoms with Crippen LogP contribution in [0.3, 0.4) is 0 Å². The molecule has 1 aromatic heterocycles. The van der Waals surface area contributed by atoms with Crippen LogP contribution in [0, 0.1) is 10.1 Å². The van der Waals surface area contributed by atoms with E-state index in [0.29, 0.717) is 27.8 Å². The van der Waals surface area contributed by atoms with Crippen LogP contribution in [-0.4, -0.2) is 23.9 Å². The molecule has 8 heteroatoms. The molecule has 0 atom stereocenters. The number of hydrogen-bond acceptors (Lipinski definition) is 5. The third-order valence-electron chi connectivity index (χ3n) is 5.31. The first-order valence-electron chi connectivity index (χ1n) is 10.4. The van der Waals surface area contributed by atoms with Crippen molar-refractivity contribution in [3.8, 4) is 11.3 Å². The van der Waals surface area contributed by atoms with Crippen molar-refractivity contribution in [2.24, 2.45) is 0 Å². The second kappa shape index (κ2) is 9.70. The van der Waals surface area contributed by atoms with Crippen LogP contribution >= 0.6 is 11.6 Å². The van der Waals surface area contributed by atoms with Crippen LogP contribution in [-0.2, 0) is 4.79 Å². The number of halogens is 1. The highest BCUT2D eigenvalue weighted by Gasteiger charge is 2.19. The number of benzene rings is 2. The van der Waals surface area contributed by atoms with E-state index >= 15 is 0 Å². The molecule has 1 fully saturated rings. The number of anilines is 2. The molecule has 2 heterocycles. The Labute approximate surface area is 190 Å². The fourth-order valence-corrected chi connectivity index (χ4v) is 4.11. The molecule has 1 N–H and O–H groups in total. The van der Waals surface area contributed by atoms with E-state index in [-0.39, 0.29) is 11.6 Å². The Morgan fingerprint density at radius 1 is 1.06 bits per heavy atom. The van der Waals surface area contributed by atoms with Gasteiger partial charge < -0.3 is 14.6 Å². The number of hydrogen-bond donors (Lipinski definition) is 1. The van der Waals surface area contributed by atoms with Crippen molar-refractivity contribution in [2.75, 3.05) is 23.3 Å². The van der Waals surface area contributed by atoms with Gasteiger partial charge in [0.25, 0.3) is 5.69 Å². The molecular formula is C24H22ClN3O4. The van der Waals surface area contributed by atoms with Crippen molar-refractivity contribution >= 4 is 40.6 Å². The van der Waals surface area contributed by atoms with Gasteiger partial charge >= 0.3 is 0 Å². The second-order valence-electron chi connectivity index (χ2n) is 7.48. The van der Waals surface area contributed by atoms with Gasteiger partial charge in [-0.15, -0.1) is 0 Å². The molecule has 1 amide bonds. The molecule has 1 aliphatic rings. The Bertz CT molecular complexity index is 1170. The molecule has 2 aromatic carbocycles. The van der Waals surface area contributed by atoms with Crippen LogP contribution in [0.2, 0.25) is 5.02 Å². The highest BCUT2D eigenvalue weighted by Crippen LogP contribution is 2.36. The quantitative estimate of drug-likeness (QED) is 0.276. The van der Waals surface area contributed by atoms with Crippen LogP contribution in [0.4, 0.5) is 17.1 Å². The van der Waals surface area contributed by atoms with Crippen molar-refractivity contribution in [1.29, 1.82) is 0 Å². The minimum Gasteiger partial charge on any atom is -0.456 e. The number of nitrogens with zero attached hydrogens (tertiary/aromatic N) is 2. The maximum Gasteiger partial charge on any atom is 0.280 e. The fraction of sp³-hybridized carbons (Fsp3) is 0.208. The van der Waals surface area contributed by atoms with Crippen molar-refractivity contribution in [3.63, 3.8) is 0 Å². The Morgan fingerprint density at radius 2 is 1.84 bits per heavy atom. The van der Waals surface area contributed by atoms with E-state index in [1.807, 2.05) is 12.1 Å². The lowest BCUT2D eigenvalue weighted by atomic mass is 10.1. The molecule has 1 aliphatic heterocycles. The molecule has 32 heavy (non-hydrogen) atoms. The summed E-state index contributed by atoms with van der Waals surface area (Å²) in [6.07, 6.45) is 6.28. The van der Waals surface area contributed by atoms with Gasteiger partial charge in [-0.05, 0) is 55.7 Å². The SMILES string of the molecule is O=C(/C=C/c1ccc(-c2ccccc2[N+](=O)[O-])o1)Nc1cccc(Cl)c1N1CCCCC1. The number of rotatable bonds is 6. The van der Waals surface area contributed by atoms with Gasteiger partial charge in [0.15, 0.2) is 0 Å². The average Bonchev–Trinajstić information content (AvgIpc) is 3.27. The third kappa shape index (κ3) is 4.84. The smallest absolute Gasteiger partial charge is 0.280 e. The van der Waals surface area contributed by atoms with E-state index in [4.69, 9.17) is 16.0 Å². The summed E-state index contributed by atoms with van der Waals surface area (Å²) in [6.45, 7) is 1.81. The van der Waals surface area contributed by atoms with Crippen molar-refractivity contribution in [1.82, 2.24) is 0 Å². The van der Waals surface area contributed by atoms with Gasteiger partial charge in [0, 0.05) is 25.2 Å². The Hall–Kier alpha value is -3.58. The van der Waals surface area contributed by atoms with Gasteiger partial charge in [0.1, 0.15) is 11.5 Å². The summed E-state index contributed by atoms with van der Waals surface area (Å²) in [5, 5.41) is 14.7. The number of nitro groups is 1. The van der Waals surface area contributed by atoms with E-state index in [1.165, 1.54) is 24.6 Å². The number of nitrogens with one attached hydrogen (secondary N) is 1. The molecule has 1 saturated heterocycles. The zero-order chi connectivity index (χ0) is 22.5. The first-order valence-corrected chi connectivity index (χ1v) is 10.8. The van der Waals surface area contributed by atoms with Crippen molar-refractivity contribution < 1.29 is 14.1 Å². The van der Waals surface area contributed by atoms with Crippen LogP contribution in [0.15, 0.2) is 65.1 Å². The van der Waals surface area contributed by atoms with Gasteiger partial charge in [-0.1, -0.05) is 29.8 Å². The molecule has 7 nitrogen and oxygen atoms in total. The molecular weight excluding hydrogens is 430 g/mol. The number of furan rings is 1. The molecule has 0 unspecified atom stereocenters. The highest BCUT2D eigenvalue weighted by molar-refractivity contribution is 6.34. The fourth-order valence-electron chi connectivity index (χ4n) is 3.82. The Morgan fingerprint density at radius 3 is 2.62 bits per heavy atom. The van der Waals surface area contributed by atoms with Crippen LogP contribution in [0.5, 0.6) is 0 Å². The number of carbonyl (C=O) groups is 1. The predicted molar refractivity (Wildman–Crippen MR) is 126 cm³/mol. The highest BCUT2D eigenvalue weighted by atomic mass is 35.5. The van der Waals surface area contributed by atoms with Gasteiger partial charge in [0.05, 0.1) is 26.9 Å². The minimum absolute atomic E-state index is 0.0404. The normalized spacial score (nSPS) is 14.0. The number of piperidine rings is 1. The Kier molecular flexibility index (Phi) is 6.56. The monoisotopic (exact) mass is 451 g/mol. The summed E-state index contributed by atoms with van der Waals surface area (Å²) in [4.78, 5) is 25.6. The van der Waals surface area contributed by atoms with E-state index in [2.05, 4.69) is 10.2 Å². The lowest BCUT2D eigenvalue weighted by Gasteiger charge is -2.31. The van der Waals surface area contributed by atoms with Gasteiger partial charge in [-0.2, -0.15) is 0 Å². The average molecular weight is 452 g/mol. The summed E-state index contributed by atoms with van der Waals surface area (Å²) < 4.78 is 5.70. The number of amides is 1. The number of carbonyl (C=O) groups excluding carboxylic acids is 1. The van der Waals surface area contributed by atoms with E-state index < -0.39 is 4.92 Å². The summed E-state index contributed by atoms with van der Waals surface area (Å²) >= 11 is 6.44. The van der Waals surface area contributed by atoms with E-state index in [0.717, 1.165) is 31.6 Å². The topological polar surface area (TPSA) is 88.6 Å². The lowest BCUT2D eigenvalue weighted by Crippen LogP contribution is -2.30. The number of para-hydroxylation sites is 2. The molecule has 0 aliphatic carbocycles. The number of nitro benzene ring substituents is 1. The molecule has 4 rings (SSSR count). The van der Waals surface area contributed by atoms with Crippen LogP contribution < -0.4 is 10.2 Å². The zero-order valence-corrected chi connectivity index (χ0v) is 18.0. The zero-order valence-electron chi connectivity index (χ0n) is 17.3. The molecule has 0 spiro atoms. The maximum atomic E-state index is 12.6. The largest absolute Gasteiger partial charge is 0.456 e. The van der Waals surface area contributed by atoms with Gasteiger partial charge in [-0.3, -0.25) is 14.9 Å². The van der Waals surface area contributed by atoms with E-state index in [1.54, 1.807) is 36.4 Å². The van der Waals surface area contributed by atoms with Crippen molar-refractivity contribution in [2.45, 2.75) is 19.3 Å². The van der Waals surface area contributed by atoms with Crippen LogP contribution in [0.25, 0.3) is 17.4 Å². The maximum absolute atomic E-state index is 12.6. The summed E-state index contributed by atoms with van der Waals surface area (Å²) in [7, 11) is 0. The lowest BCUT2D eigenvalue weighted by molar-refractivity contribution is -0.384. The summed E-state index contributed by atoms with van der Waals surface area (Å²) in [5.41, 5.74) is 1.84. The molecule has 164 valence electrons. The van der Waals surface area contributed by atoms with Crippen molar-refractivity contribution in [3.05, 3.63) is 81.6 Å². The minimum atomic E-state index is -0.453. The van der Waals surface area contributed by atoms with Crippen LogP contribution in [0.1, 0.15) is 25.0 Å². The first kappa shape index (κ1) is 21.6. The molecule has 3 aromatic rings. The summed E-state index contributed by atoms with van der Waals surface area (Å²) in [6, 6.07) is 15.1.